The fraction of sp³-hybridized carbons (Fsp3) is 0.438. The Morgan fingerprint density at radius 1 is 1.23 bits per heavy atom. The van der Waals surface area contributed by atoms with E-state index in [9.17, 15) is 8.42 Å². The van der Waals surface area contributed by atoms with Gasteiger partial charge in [0.2, 0.25) is 0 Å². The van der Waals surface area contributed by atoms with Crippen molar-refractivity contribution in [1.82, 2.24) is 10.6 Å². The highest BCUT2D eigenvalue weighted by atomic mass is 32.2. The van der Waals surface area contributed by atoms with Gasteiger partial charge in [-0.15, -0.1) is 0 Å². The molecule has 2 N–H and O–H groups in total. The van der Waals surface area contributed by atoms with E-state index in [1.54, 1.807) is 24.3 Å². The molecule has 2 rings (SSSR count). The molecule has 0 saturated carbocycles. The summed E-state index contributed by atoms with van der Waals surface area (Å²) in [6.07, 6.45) is 7.60. The molecule has 0 heterocycles. The molecular weight excluding hydrogens is 298 g/mol. The van der Waals surface area contributed by atoms with Gasteiger partial charge in [0.15, 0.2) is 15.8 Å². The van der Waals surface area contributed by atoms with Crippen molar-refractivity contribution in [2.45, 2.75) is 37.2 Å². The number of rotatable bonds is 5. The lowest BCUT2D eigenvalue weighted by Crippen LogP contribution is -2.42. The van der Waals surface area contributed by atoms with Crippen LogP contribution >= 0.6 is 0 Å². The molecule has 22 heavy (non-hydrogen) atoms. The minimum Gasteiger partial charge on any atom is -0.357 e. The van der Waals surface area contributed by atoms with E-state index in [2.05, 4.69) is 27.8 Å². The van der Waals surface area contributed by atoms with Crippen molar-refractivity contribution in [3.63, 3.8) is 0 Å². The maximum absolute atomic E-state index is 11.4. The number of hydrogen-bond acceptors (Lipinski definition) is 3. The molecule has 0 spiro atoms. The summed E-state index contributed by atoms with van der Waals surface area (Å²) in [7, 11) is -3.14. The minimum atomic E-state index is -3.14. The first-order valence-corrected chi connectivity index (χ1v) is 9.37. The highest BCUT2D eigenvalue weighted by Gasteiger charge is 2.11. The van der Waals surface area contributed by atoms with Gasteiger partial charge in [-0.05, 0) is 37.5 Å². The number of nitrogens with one attached hydrogen (secondary N) is 2. The molecule has 1 aromatic rings. The zero-order valence-corrected chi connectivity index (χ0v) is 13.9. The maximum atomic E-state index is 11.4. The van der Waals surface area contributed by atoms with Crippen LogP contribution in [0.1, 0.15) is 25.3 Å². The molecule has 120 valence electrons. The van der Waals surface area contributed by atoms with Gasteiger partial charge in [-0.25, -0.2) is 13.4 Å². The molecule has 1 aromatic carbocycles. The number of sulfone groups is 1. The second-order valence-corrected chi connectivity index (χ2v) is 7.41. The molecule has 1 aliphatic carbocycles. The summed E-state index contributed by atoms with van der Waals surface area (Å²) < 4.78 is 22.9. The van der Waals surface area contributed by atoms with Crippen molar-refractivity contribution < 1.29 is 8.42 Å². The summed E-state index contributed by atoms with van der Waals surface area (Å²) >= 11 is 0. The van der Waals surface area contributed by atoms with Crippen molar-refractivity contribution in [2.75, 3.05) is 12.8 Å². The molecule has 0 bridgehead atoms. The van der Waals surface area contributed by atoms with E-state index in [1.807, 2.05) is 6.92 Å². The summed E-state index contributed by atoms with van der Waals surface area (Å²) in [6, 6.07) is 7.27. The van der Waals surface area contributed by atoms with Gasteiger partial charge >= 0.3 is 0 Å². The molecule has 0 atom stereocenters. The first kappa shape index (κ1) is 16.5. The summed E-state index contributed by atoms with van der Waals surface area (Å²) in [5.41, 5.74) is 0.981. The molecule has 1 aliphatic rings. The Labute approximate surface area is 132 Å². The molecule has 0 aliphatic heterocycles. The smallest absolute Gasteiger partial charge is 0.191 e. The van der Waals surface area contributed by atoms with Crippen molar-refractivity contribution in [2.24, 2.45) is 4.99 Å². The molecule has 6 heteroatoms. The minimum absolute atomic E-state index is 0.335. The van der Waals surface area contributed by atoms with E-state index in [0.29, 0.717) is 17.5 Å². The highest BCUT2D eigenvalue weighted by molar-refractivity contribution is 7.90. The van der Waals surface area contributed by atoms with Crippen LogP contribution in [0.5, 0.6) is 0 Å². The Bertz CT molecular complexity index is 640. The quantitative estimate of drug-likeness (QED) is 0.493. The van der Waals surface area contributed by atoms with Crippen LogP contribution in [0.15, 0.2) is 46.3 Å². The first-order chi connectivity index (χ1) is 10.5. The maximum Gasteiger partial charge on any atom is 0.191 e. The third-order valence-electron chi connectivity index (χ3n) is 3.46. The average molecular weight is 321 g/mol. The van der Waals surface area contributed by atoms with Crippen molar-refractivity contribution >= 4 is 15.8 Å². The van der Waals surface area contributed by atoms with Crippen LogP contribution < -0.4 is 10.6 Å². The lowest BCUT2D eigenvalue weighted by atomic mass is 10.2. The van der Waals surface area contributed by atoms with Gasteiger partial charge in [-0.2, -0.15) is 0 Å². The zero-order chi connectivity index (χ0) is 16.0. The fourth-order valence-corrected chi connectivity index (χ4v) is 2.89. The topological polar surface area (TPSA) is 70.6 Å². The monoisotopic (exact) mass is 321 g/mol. The van der Waals surface area contributed by atoms with Gasteiger partial charge in [0, 0.05) is 18.8 Å². The van der Waals surface area contributed by atoms with Crippen molar-refractivity contribution in [1.29, 1.82) is 0 Å². The largest absolute Gasteiger partial charge is 0.357 e. The van der Waals surface area contributed by atoms with Gasteiger partial charge < -0.3 is 10.6 Å². The summed E-state index contributed by atoms with van der Waals surface area (Å²) in [6.45, 7) is 3.35. The molecule has 0 unspecified atom stereocenters. The second kappa shape index (κ2) is 7.45. The van der Waals surface area contributed by atoms with E-state index < -0.39 is 9.84 Å². The van der Waals surface area contributed by atoms with Crippen LogP contribution in [-0.4, -0.2) is 33.2 Å². The van der Waals surface area contributed by atoms with Gasteiger partial charge in [0.05, 0.1) is 11.4 Å². The van der Waals surface area contributed by atoms with E-state index in [1.165, 1.54) is 6.26 Å². The van der Waals surface area contributed by atoms with Crippen LogP contribution in [0.2, 0.25) is 0 Å². The van der Waals surface area contributed by atoms with Gasteiger partial charge in [-0.3, -0.25) is 0 Å². The van der Waals surface area contributed by atoms with Crippen LogP contribution in [0.4, 0.5) is 0 Å². The van der Waals surface area contributed by atoms with E-state index >= 15 is 0 Å². The molecule has 0 saturated heterocycles. The van der Waals surface area contributed by atoms with Gasteiger partial charge in [0.1, 0.15) is 0 Å². The van der Waals surface area contributed by atoms with Gasteiger partial charge in [-0.1, -0.05) is 24.3 Å². The first-order valence-electron chi connectivity index (χ1n) is 7.48. The van der Waals surface area contributed by atoms with E-state index in [4.69, 9.17) is 0 Å². The number of nitrogens with zero attached hydrogens (tertiary/aromatic N) is 1. The Morgan fingerprint density at radius 3 is 2.41 bits per heavy atom. The van der Waals surface area contributed by atoms with E-state index in [-0.39, 0.29) is 0 Å². The molecule has 0 radical (unpaired) electrons. The fourth-order valence-electron chi connectivity index (χ4n) is 2.26. The Kier molecular flexibility index (Phi) is 5.60. The third kappa shape index (κ3) is 4.87. The summed E-state index contributed by atoms with van der Waals surface area (Å²) in [4.78, 5) is 4.89. The van der Waals surface area contributed by atoms with E-state index in [0.717, 1.165) is 30.9 Å². The lowest BCUT2D eigenvalue weighted by Gasteiger charge is -2.16. The van der Waals surface area contributed by atoms with Crippen LogP contribution in [0, 0.1) is 0 Å². The van der Waals surface area contributed by atoms with Crippen LogP contribution in [0.25, 0.3) is 0 Å². The Balaban J connectivity index is 2.00. The number of benzene rings is 1. The lowest BCUT2D eigenvalue weighted by molar-refractivity contribution is 0.602. The molecule has 0 fully saturated rings. The molecule has 0 amide bonds. The normalized spacial score (nSPS) is 16.0. The number of guanidine groups is 1. The van der Waals surface area contributed by atoms with Gasteiger partial charge in [0.25, 0.3) is 0 Å². The third-order valence-corrected chi connectivity index (χ3v) is 4.59. The highest BCUT2D eigenvalue weighted by Crippen LogP contribution is 2.11. The summed E-state index contributed by atoms with van der Waals surface area (Å²) in [5, 5.41) is 6.63. The molecule has 5 nitrogen and oxygen atoms in total. The predicted octanol–water partition coefficient (Wildman–Crippen LogP) is 1.86. The SMILES string of the molecule is CCNC(=NCc1ccc(S(C)(=O)=O)cc1)NC1CC=CC1. The van der Waals surface area contributed by atoms with Crippen LogP contribution in [-0.2, 0) is 16.4 Å². The van der Waals surface area contributed by atoms with Crippen LogP contribution in [0.3, 0.4) is 0 Å². The molecular formula is C16H23N3O2S. The standard InChI is InChI=1S/C16H23N3O2S/c1-3-17-16(19-14-6-4-5-7-14)18-12-13-8-10-15(11-9-13)22(2,20)21/h4-5,8-11,14H,3,6-7,12H2,1-2H3,(H2,17,18,19). The molecule has 0 aromatic heterocycles. The Hall–Kier alpha value is -1.82. The summed E-state index contributed by atoms with van der Waals surface area (Å²) in [5.74, 6) is 0.795. The number of hydrogen-bond donors (Lipinski definition) is 2. The predicted molar refractivity (Wildman–Crippen MR) is 89.7 cm³/mol. The van der Waals surface area contributed by atoms with Crippen molar-refractivity contribution in [3.05, 3.63) is 42.0 Å². The van der Waals surface area contributed by atoms with Crippen molar-refractivity contribution in [3.8, 4) is 0 Å². The average Bonchev–Trinajstić information content (AvgIpc) is 2.97. The number of aliphatic imine (C=N–C) groups is 1. The second-order valence-electron chi connectivity index (χ2n) is 5.40. The Morgan fingerprint density at radius 2 is 1.86 bits per heavy atom. The zero-order valence-electron chi connectivity index (χ0n) is 13.0.